The molecule has 2 heterocycles. The summed E-state index contributed by atoms with van der Waals surface area (Å²) in [5, 5.41) is 8.77. The summed E-state index contributed by atoms with van der Waals surface area (Å²) in [5.74, 6) is -2.02. The third kappa shape index (κ3) is 5.97. The lowest BCUT2D eigenvalue weighted by atomic mass is 9.94. The van der Waals surface area contributed by atoms with Crippen molar-refractivity contribution in [1.82, 2.24) is 20.9 Å². The number of carbonyl (C=O) groups excluding carboxylic acids is 4. The van der Waals surface area contributed by atoms with Crippen LogP contribution in [-0.2, 0) is 14.4 Å². The molecule has 3 atom stereocenters. The quantitative estimate of drug-likeness (QED) is 0.437. The lowest BCUT2D eigenvalue weighted by Crippen LogP contribution is -2.52. The van der Waals surface area contributed by atoms with E-state index in [9.17, 15) is 23.6 Å². The molecule has 2 aromatic rings. The Morgan fingerprint density at radius 1 is 1.18 bits per heavy atom. The molecule has 0 aliphatic carbocycles. The van der Waals surface area contributed by atoms with E-state index in [-0.39, 0.29) is 47.6 Å². The highest BCUT2D eigenvalue weighted by molar-refractivity contribution is 6.01. The number of carbonyl (C=O) groups is 4. The number of para-hydroxylation sites is 1. The first-order chi connectivity index (χ1) is 15.7. The van der Waals surface area contributed by atoms with Gasteiger partial charge in [-0.15, -0.1) is 0 Å². The molecule has 3 rings (SSSR count). The van der Waals surface area contributed by atoms with Gasteiger partial charge in [0, 0.05) is 24.3 Å². The Labute approximate surface area is 192 Å². The van der Waals surface area contributed by atoms with Crippen molar-refractivity contribution >= 4 is 34.4 Å². The van der Waals surface area contributed by atoms with Gasteiger partial charge in [0.05, 0.1) is 11.6 Å². The smallest absolute Gasteiger partial charge is 0.268 e. The van der Waals surface area contributed by atoms with Crippen molar-refractivity contribution in [2.75, 3.05) is 6.54 Å². The molecule has 0 spiro atoms. The molecule has 1 aliphatic rings. The Morgan fingerprint density at radius 2 is 1.94 bits per heavy atom. The fourth-order valence-corrected chi connectivity index (χ4v) is 4.12. The second-order valence-electron chi connectivity index (χ2n) is 8.94. The van der Waals surface area contributed by atoms with Gasteiger partial charge < -0.3 is 20.9 Å². The van der Waals surface area contributed by atoms with E-state index in [1.165, 1.54) is 12.1 Å². The Hall–Kier alpha value is -3.23. The molecule has 1 aliphatic heterocycles. The van der Waals surface area contributed by atoms with E-state index in [0.717, 1.165) is 0 Å². The lowest BCUT2D eigenvalue weighted by molar-refractivity contribution is -0.130. The minimum Gasteiger partial charge on any atom is -0.356 e. The van der Waals surface area contributed by atoms with Gasteiger partial charge in [0.1, 0.15) is 17.6 Å². The Balaban J connectivity index is 1.74. The zero-order valence-electron chi connectivity index (χ0n) is 19.2. The largest absolute Gasteiger partial charge is 0.356 e. The van der Waals surface area contributed by atoms with Crippen LogP contribution in [0.3, 0.4) is 0 Å². The number of hydrogen-bond acceptors (Lipinski definition) is 4. The van der Waals surface area contributed by atoms with E-state index in [1.807, 2.05) is 13.8 Å². The van der Waals surface area contributed by atoms with Crippen molar-refractivity contribution in [3.8, 4) is 0 Å². The lowest BCUT2D eigenvalue weighted by Gasteiger charge is -2.24. The first kappa shape index (κ1) is 24.4. The van der Waals surface area contributed by atoms with Crippen LogP contribution in [0.25, 0.3) is 10.9 Å². The maximum absolute atomic E-state index is 14.0. The van der Waals surface area contributed by atoms with Crippen LogP contribution in [0, 0.1) is 17.7 Å². The molecule has 9 heteroatoms. The highest BCUT2D eigenvalue weighted by atomic mass is 19.1. The van der Waals surface area contributed by atoms with Crippen molar-refractivity contribution in [1.29, 1.82) is 0 Å². The van der Waals surface area contributed by atoms with E-state index in [1.54, 1.807) is 19.1 Å². The number of fused-ring (bicyclic) bond motifs is 1. The monoisotopic (exact) mass is 458 g/mol. The number of ketones is 1. The predicted molar refractivity (Wildman–Crippen MR) is 122 cm³/mol. The average Bonchev–Trinajstić information content (AvgIpc) is 3.39. The van der Waals surface area contributed by atoms with Crippen LogP contribution in [0.5, 0.6) is 0 Å². The summed E-state index contributed by atoms with van der Waals surface area (Å²) in [7, 11) is 0. The van der Waals surface area contributed by atoms with Crippen molar-refractivity contribution in [3.05, 3.63) is 35.8 Å². The summed E-state index contributed by atoms with van der Waals surface area (Å²) in [6.45, 7) is 6.10. The van der Waals surface area contributed by atoms with Gasteiger partial charge in [-0.2, -0.15) is 0 Å². The molecule has 1 saturated heterocycles. The molecule has 0 unspecified atom stereocenters. The summed E-state index contributed by atoms with van der Waals surface area (Å²) >= 11 is 0. The zero-order valence-corrected chi connectivity index (χ0v) is 19.2. The number of nitrogens with one attached hydrogen (secondary N) is 4. The number of benzene rings is 1. The van der Waals surface area contributed by atoms with Gasteiger partial charge in [0.15, 0.2) is 5.78 Å². The zero-order chi connectivity index (χ0) is 24.1. The van der Waals surface area contributed by atoms with Gasteiger partial charge in [-0.3, -0.25) is 19.2 Å². The second kappa shape index (κ2) is 10.6. The number of rotatable bonds is 10. The normalized spacial score (nSPS) is 17.6. The van der Waals surface area contributed by atoms with Crippen LogP contribution in [0.1, 0.15) is 56.9 Å². The molecule has 33 heavy (non-hydrogen) atoms. The topological polar surface area (TPSA) is 120 Å². The molecule has 3 amide bonds. The van der Waals surface area contributed by atoms with Crippen LogP contribution in [0.2, 0.25) is 0 Å². The number of amides is 3. The number of aromatic amines is 1. The molecule has 1 aromatic heterocycles. The molecule has 8 nitrogen and oxygen atoms in total. The van der Waals surface area contributed by atoms with Crippen molar-refractivity contribution < 1.29 is 23.6 Å². The molecule has 1 aromatic carbocycles. The third-order valence-corrected chi connectivity index (χ3v) is 5.92. The molecule has 0 bridgehead atoms. The van der Waals surface area contributed by atoms with E-state index in [2.05, 4.69) is 20.9 Å². The Bertz CT molecular complexity index is 1050. The maximum atomic E-state index is 14.0. The number of hydrogen-bond donors (Lipinski definition) is 4. The Morgan fingerprint density at radius 3 is 2.55 bits per heavy atom. The minimum atomic E-state index is -0.890. The van der Waals surface area contributed by atoms with Crippen LogP contribution in [0.15, 0.2) is 24.3 Å². The molecular formula is C24H31FN4O4. The van der Waals surface area contributed by atoms with E-state index >= 15 is 0 Å². The Kier molecular flexibility index (Phi) is 7.84. The predicted octanol–water partition coefficient (Wildman–Crippen LogP) is 2.44. The first-order valence-electron chi connectivity index (χ1n) is 11.4. The van der Waals surface area contributed by atoms with Crippen LogP contribution in [0.4, 0.5) is 4.39 Å². The number of H-pyrrole nitrogens is 1. The number of halogens is 1. The average molecular weight is 459 g/mol. The summed E-state index contributed by atoms with van der Waals surface area (Å²) in [4.78, 5) is 53.2. The van der Waals surface area contributed by atoms with Gasteiger partial charge in [-0.1, -0.05) is 32.9 Å². The summed E-state index contributed by atoms with van der Waals surface area (Å²) in [6, 6.07) is 4.37. The van der Waals surface area contributed by atoms with Gasteiger partial charge >= 0.3 is 0 Å². The fraction of sp³-hybridized carbons (Fsp3) is 0.500. The minimum absolute atomic E-state index is 0.0853. The van der Waals surface area contributed by atoms with Crippen molar-refractivity contribution in [2.45, 2.75) is 58.5 Å². The molecular weight excluding hydrogens is 427 g/mol. The molecule has 1 fully saturated rings. The van der Waals surface area contributed by atoms with Crippen LogP contribution < -0.4 is 16.0 Å². The van der Waals surface area contributed by atoms with Crippen molar-refractivity contribution in [3.63, 3.8) is 0 Å². The van der Waals surface area contributed by atoms with E-state index in [0.29, 0.717) is 24.8 Å². The van der Waals surface area contributed by atoms with Gasteiger partial charge in [0.25, 0.3) is 5.91 Å². The van der Waals surface area contributed by atoms with Gasteiger partial charge in [-0.05, 0) is 37.3 Å². The van der Waals surface area contributed by atoms with E-state index < -0.39 is 29.7 Å². The third-order valence-electron chi connectivity index (χ3n) is 5.92. The summed E-state index contributed by atoms with van der Waals surface area (Å²) in [5.41, 5.74) is 0.358. The molecule has 4 N–H and O–H groups in total. The standard InChI is InChI=1S/C24H31FN4O4/c1-4-20(30)17(12-15-8-9-26-22(15)31)28-23(32)18(10-13(2)3)29-24(33)19-11-14-6-5-7-16(25)21(14)27-19/h5-7,11,13,15,17-18,27H,4,8-10,12H2,1-3H3,(H,26,31)(H,28,32)(H,29,33)/t15-,17-,18-/m0/s1. The van der Waals surface area contributed by atoms with Crippen LogP contribution >= 0.6 is 0 Å². The maximum Gasteiger partial charge on any atom is 0.268 e. The highest BCUT2D eigenvalue weighted by Gasteiger charge is 2.32. The molecule has 178 valence electrons. The first-order valence-corrected chi connectivity index (χ1v) is 11.4. The van der Waals surface area contributed by atoms with E-state index in [4.69, 9.17) is 0 Å². The van der Waals surface area contributed by atoms with Crippen molar-refractivity contribution in [2.24, 2.45) is 11.8 Å². The SMILES string of the molecule is CCC(=O)[C@H](C[C@@H]1CCNC1=O)NC(=O)[C@H](CC(C)C)NC(=O)c1cc2cccc(F)c2[nH]1. The summed E-state index contributed by atoms with van der Waals surface area (Å²) in [6.07, 6.45) is 1.42. The fourth-order valence-electron chi connectivity index (χ4n) is 4.12. The molecule has 0 saturated carbocycles. The van der Waals surface area contributed by atoms with Gasteiger partial charge in [-0.25, -0.2) is 4.39 Å². The molecule has 0 radical (unpaired) electrons. The summed E-state index contributed by atoms with van der Waals surface area (Å²) < 4.78 is 14.0. The van der Waals surface area contributed by atoms with Crippen LogP contribution in [-0.4, -0.2) is 47.1 Å². The highest BCUT2D eigenvalue weighted by Crippen LogP contribution is 2.20. The van der Waals surface area contributed by atoms with Gasteiger partial charge in [0.2, 0.25) is 11.8 Å². The number of aromatic nitrogens is 1. The number of Topliss-reactive ketones (excluding diaryl/α,β-unsaturated/α-hetero) is 1. The second-order valence-corrected chi connectivity index (χ2v) is 8.94.